The highest BCUT2D eigenvalue weighted by Gasteiger charge is 2.44. The van der Waals surface area contributed by atoms with Gasteiger partial charge >= 0.3 is 0 Å². The number of likely N-dealkylation sites (tertiary alicyclic amines) is 1. The van der Waals surface area contributed by atoms with E-state index in [4.69, 9.17) is 10.5 Å². The van der Waals surface area contributed by atoms with Crippen LogP contribution in [0.2, 0.25) is 0 Å². The lowest BCUT2D eigenvalue weighted by Crippen LogP contribution is -2.35. The Morgan fingerprint density at radius 2 is 2.29 bits per heavy atom. The summed E-state index contributed by atoms with van der Waals surface area (Å²) < 4.78 is 31.1. The SMILES string of the molecule is COCC1CC(F)(F)CN1CCCN. The first kappa shape index (κ1) is 11.8. The van der Waals surface area contributed by atoms with Crippen LogP contribution in [-0.2, 0) is 4.74 Å². The molecule has 5 heteroatoms. The number of nitrogens with two attached hydrogens (primary N) is 1. The normalized spacial score (nSPS) is 27.0. The van der Waals surface area contributed by atoms with E-state index in [9.17, 15) is 8.78 Å². The zero-order chi connectivity index (χ0) is 10.6. The summed E-state index contributed by atoms with van der Waals surface area (Å²) in [6.45, 7) is 1.41. The summed E-state index contributed by atoms with van der Waals surface area (Å²) in [6.07, 6.45) is 0.668. The lowest BCUT2D eigenvalue weighted by molar-refractivity contribution is 0.0116. The maximum Gasteiger partial charge on any atom is 0.262 e. The molecule has 0 bridgehead atoms. The Balaban J connectivity index is 2.44. The lowest BCUT2D eigenvalue weighted by atomic mass is 10.2. The lowest BCUT2D eigenvalue weighted by Gasteiger charge is -2.22. The minimum Gasteiger partial charge on any atom is -0.383 e. The van der Waals surface area contributed by atoms with E-state index in [1.54, 1.807) is 4.90 Å². The highest BCUT2D eigenvalue weighted by molar-refractivity contribution is 4.90. The molecule has 14 heavy (non-hydrogen) atoms. The van der Waals surface area contributed by atoms with Crippen molar-refractivity contribution in [3.8, 4) is 0 Å². The fourth-order valence-corrected chi connectivity index (χ4v) is 1.88. The molecule has 0 aromatic rings. The third-order valence-electron chi connectivity index (χ3n) is 2.49. The van der Waals surface area contributed by atoms with Crippen LogP contribution in [0.4, 0.5) is 8.78 Å². The van der Waals surface area contributed by atoms with Gasteiger partial charge in [0.05, 0.1) is 13.2 Å². The Hall–Kier alpha value is -0.260. The minimum absolute atomic E-state index is 0.0919. The Bertz CT molecular complexity index is 178. The molecule has 0 saturated carbocycles. The summed E-state index contributed by atoms with van der Waals surface area (Å²) in [7, 11) is 1.54. The van der Waals surface area contributed by atoms with Crippen molar-refractivity contribution in [3.05, 3.63) is 0 Å². The number of rotatable bonds is 5. The fraction of sp³-hybridized carbons (Fsp3) is 1.00. The van der Waals surface area contributed by atoms with Crippen molar-refractivity contribution >= 4 is 0 Å². The van der Waals surface area contributed by atoms with Crippen molar-refractivity contribution in [2.75, 3.05) is 33.4 Å². The summed E-state index contributed by atoms with van der Waals surface area (Å²) in [4.78, 5) is 1.77. The molecule has 84 valence electrons. The van der Waals surface area contributed by atoms with Crippen molar-refractivity contribution in [1.82, 2.24) is 4.90 Å². The number of halogens is 2. The van der Waals surface area contributed by atoms with Crippen LogP contribution >= 0.6 is 0 Å². The molecule has 0 aromatic heterocycles. The zero-order valence-corrected chi connectivity index (χ0v) is 8.51. The summed E-state index contributed by atoms with van der Waals surface area (Å²) in [6, 6.07) is -0.151. The van der Waals surface area contributed by atoms with Gasteiger partial charge in [-0.3, -0.25) is 4.90 Å². The summed E-state index contributed by atoms with van der Waals surface area (Å²) >= 11 is 0. The average molecular weight is 208 g/mol. The van der Waals surface area contributed by atoms with Gasteiger partial charge in [0, 0.05) is 19.6 Å². The van der Waals surface area contributed by atoms with E-state index in [0.29, 0.717) is 19.7 Å². The van der Waals surface area contributed by atoms with Gasteiger partial charge in [-0.05, 0) is 19.5 Å². The van der Waals surface area contributed by atoms with Crippen LogP contribution in [0.5, 0.6) is 0 Å². The highest BCUT2D eigenvalue weighted by Crippen LogP contribution is 2.31. The van der Waals surface area contributed by atoms with Gasteiger partial charge in [-0.1, -0.05) is 0 Å². The third-order valence-corrected chi connectivity index (χ3v) is 2.49. The van der Waals surface area contributed by atoms with E-state index in [-0.39, 0.29) is 19.0 Å². The molecule has 0 aromatic carbocycles. The average Bonchev–Trinajstić information content (AvgIpc) is 2.38. The molecule has 1 heterocycles. The highest BCUT2D eigenvalue weighted by atomic mass is 19.3. The van der Waals surface area contributed by atoms with Crippen molar-refractivity contribution < 1.29 is 13.5 Å². The first-order valence-electron chi connectivity index (χ1n) is 4.90. The van der Waals surface area contributed by atoms with E-state index in [1.165, 1.54) is 7.11 Å². The summed E-state index contributed by atoms with van der Waals surface area (Å²) in [5.74, 6) is -2.56. The number of ether oxygens (including phenoxy) is 1. The maximum absolute atomic E-state index is 13.1. The predicted molar refractivity (Wildman–Crippen MR) is 50.5 cm³/mol. The zero-order valence-electron chi connectivity index (χ0n) is 8.51. The first-order chi connectivity index (χ1) is 6.59. The van der Waals surface area contributed by atoms with Crippen molar-refractivity contribution in [2.45, 2.75) is 24.8 Å². The third kappa shape index (κ3) is 3.15. The molecule has 0 radical (unpaired) electrons. The molecular formula is C9H18F2N2O. The second kappa shape index (κ2) is 5.00. The molecule has 1 atom stereocenters. The smallest absolute Gasteiger partial charge is 0.262 e. The van der Waals surface area contributed by atoms with Gasteiger partial charge in [-0.25, -0.2) is 8.78 Å². The van der Waals surface area contributed by atoms with Crippen molar-refractivity contribution in [3.63, 3.8) is 0 Å². The summed E-state index contributed by atoms with van der Waals surface area (Å²) in [5.41, 5.74) is 5.35. The van der Waals surface area contributed by atoms with E-state index < -0.39 is 5.92 Å². The Labute approximate surface area is 83.2 Å². The summed E-state index contributed by atoms with van der Waals surface area (Å²) in [5, 5.41) is 0. The molecule has 1 saturated heterocycles. The predicted octanol–water partition coefficient (Wildman–Crippen LogP) is 0.691. The molecule has 0 amide bonds. The molecule has 1 rings (SSSR count). The van der Waals surface area contributed by atoms with Crippen LogP contribution in [0.25, 0.3) is 0 Å². The Kier molecular flexibility index (Phi) is 4.22. The van der Waals surface area contributed by atoms with Gasteiger partial charge < -0.3 is 10.5 Å². The number of alkyl halides is 2. The van der Waals surface area contributed by atoms with Crippen LogP contribution in [0.15, 0.2) is 0 Å². The van der Waals surface area contributed by atoms with E-state index in [0.717, 1.165) is 6.42 Å². The minimum atomic E-state index is -2.56. The van der Waals surface area contributed by atoms with Crippen molar-refractivity contribution in [2.24, 2.45) is 5.73 Å². The van der Waals surface area contributed by atoms with Gasteiger partial charge in [-0.2, -0.15) is 0 Å². The monoisotopic (exact) mass is 208 g/mol. The standard InChI is InChI=1S/C9H18F2N2O/c1-14-6-8-5-9(10,11)7-13(8)4-2-3-12/h8H,2-7,12H2,1H3. The quantitative estimate of drug-likeness (QED) is 0.722. The van der Waals surface area contributed by atoms with E-state index in [1.807, 2.05) is 0 Å². The molecule has 1 aliphatic rings. The van der Waals surface area contributed by atoms with Crippen LogP contribution in [0.3, 0.4) is 0 Å². The van der Waals surface area contributed by atoms with Crippen LogP contribution in [0, 0.1) is 0 Å². The van der Waals surface area contributed by atoms with Gasteiger partial charge in [0.15, 0.2) is 0 Å². The topological polar surface area (TPSA) is 38.5 Å². The first-order valence-corrected chi connectivity index (χ1v) is 4.90. The van der Waals surface area contributed by atoms with Crippen LogP contribution < -0.4 is 5.73 Å². The molecule has 1 fully saturated rings. The molecule has 2 N–H and O–H groups in total. The van der Waals surface area contributed by atoms with Crippen LogP contribution in [-0.4, -0.2) is 50.2 Å². The molecule has 0 aliphatic carbocycles. The Morgan fingerprint density at radius 3 is 2.86 bits per heavy atom. The Morgan fingerprint density at radius 1 is 1.57 bits per heavy atom. The second-order valence-electron chi connectivity index (χ2n) is 3.78. The number of hydrogen-bond donors (Lipinski definition) is 1. The van der Waals surface area contributed by atoms with Gasteiger partial charge in [-0.15, -0.1) is 0 Å². The van der Waals surface area contributed by atoms with Gasteiger partial charge in [0.25, 0.3) is 5.92 Å². The van der Waals surface area contributed by atoms with Crippen LogP contribution in [0.1, 0.15) is 12.8 Å². The van der Waals surface area contributed by atoms with E-state index >= 15 is 0 Å². The number of methoxy groups -OCH3 is 1. The number of nitrogens with zero attached hydrogens (tertiary/aromatic N) is 1. The molecular weight excluding hydrogens is 190 g/mol. The largest absolute Gasteiger partial charge is 0.383 e. The molecule has 1 aliphatic heterocycles. The van der Waals surface area contributed by atoms with Gasteiger partial charge in [0.2, 0.25) is 0 Å². The maximum atomic E-state index is 13.1. The van der Waals surface area contributed by atoms with Gasteiger partial charge in [0.1, 0.15) is 0 Å². The second-order valence-corrected chi connectivity index (χ2v) is 3.78. The molecule has 1 unspecified atom stereocenters. The van der Waals surface area contributed by atoms with E-state index in [2.05, 4.69) is 0 Å². The molecule has 0 spiro atoms. The fourth-order valence-electron chi connectivity index (χ4n) is 1.88. The molecule has 3 nitrogen and oxygen atoms in total. The van der Waals surface area contributed by atoms with Crippen molar-refractivity contribution in [1.29, 1.82) is 0 Å². The number of hydrogen-bond acceptors (Lipinski definition) is 3.